The first-order valence-corrected chi connectivity index (χ1v) is 6.59. The third-order valence-electron chi connectivity index (χ3n) is 2.82. The lowest BCUT2D eigenvalue weighted by Gasteiger charge is -2.16. The lowest BCUT2D eigenvalue weighted by atomic mass is 10.1. The first-order chi connectivity index (χ1) is 9.86. The van der Waals surface area contributed by atoms with E-state index in [4.69, 9.17) is 17.3 Å². The van der Waals surface area contributed by atoms with Gasteiger partial charge >= 0.3 is 0 Å². The molecule has 0 spiro atoms. The molecule has 0 aromatic heterocycles. The van der Waals surface area contributed by atoms with E-state index in [1.54, 1.807) is 38.4 Å². The average molecular weight is 308 g/mol. The molecule has 0 heterocycles. The van der Waals surface area contributed by atoms with Crippen LogP contribution in [0.5, 0.6) is 0 Å². The molecule has 0 saturated carbocycles. The van der Waals surface area contributed by atoms with E-state index in [0.717, 1.165) is 0 Å². The highest BCUT2D eigenvalue weighted by Crippen LogP contribution is 2.26. The Labute approximate surface area is 127 Å². The molecule has 0 bridgehead atoms. The molecule has 0 atom stereocenters. The molecule has 0 aliphatic carbocycles. The van der Waals surface area contributed by atoms with Crippen LogP contribution >= 0.6 is 11.6 Å². The van der Waals surface area contributed by atoms with E-state index in [1.807, 2.05) is 0 Å². The molecular formula is C15H15ClFN3O. The maximum Gasteiger partial charge on any atom is 0.255 e. The Morgan fingerprint density at radius 3 is 2.57 bits per heavy atom. The van der Waals surface area contributed by atoms with Crippen molar-refractivity contribution in [2.75, 3.05) is 25.1 Å². The van der Waals surface area contributed by atoms with Gasteiger partial charge in [0.15, 0.2) is 0 Å². The first-order valence-electron chi connectivity index (χ1n) is 6.21. The van der Waals surface area contributed by atoms with Gasteiger partial charge in [-0.3, -0.25) is 4.79 Å². The van der Waals surface area contributed by atoms with Crippen LogP contribution in [-0.2, 0) is 0 Å². The molecule has 0 aliphatic rings. The van der Waals surface area contributed by atoms with Crippen molar-refractivity contribution >= 4 is 34.6 Å². The first kappa shape index (κ1) is 15.1. The molecule has 3 N–H and O–H groups in total. The van der Waals surface area contributed by atoms with Gasteiger partial charge in [-0.1, -0.05) is 11.6 Å². The second kappa shape index (κ2) is 6.01. The van der Waals surface area contributed by atoms with Crippen molar-refractivity contribution in [3.8, 4) is 0 Å². The standard InChI is InChI=1S/C15H15ClFN3O/c1-20(2)15(21)13-4-3-11(18)8-14(13)19-12-6-9(16)5-10(17)7-12/h3-8,19H,18H2,1-2H3. The fourth-order valence-corrected chi connectivity index (χ4v) is 2.10. The highest BCUT2D eigenvalue weighted by molar-refractivity contribution is 6.30. The van der Waals surface area contributed by atoms with Crippen LogP contribution in [0.15, 0.2) is 36.4 Å². The molecule has 6 heteroatoms. The van der Waals surface area contributed by atoms with Crippen molar-refractivity contribution < 1.29 is 9.18 Å². The Hall–Kier alpha value is -2.27. The van der Waals surface area contributed by atoms with Gasteiger partial charge in [-0.05, 0) is 36.4 Å². The zero-order chi connectivity index (χ0) is 15.6. The minimum absolute atomic E-state index is 0.181. The number of benzene rings is 2. The fraction of sp³-hybridized carbons (Fsp3) is 0.133. The van der Waals surface area contributed by atoms with E-state index in [2.05, 4.69) is 5.32 Å². The summed E-state index contributed by atoms with van der Waals surface area (Å²) in [7, 11) is 3.31. The zero-order valence-electron chi connectivity index (χ0n) is 11.7. The SMILES string of the molecule is CN(C)C(=O)c1ccc(N)cc1Nc1cc(F)cc(Cl)c1. The number of carbonyl (C=O) groups excluding carboxylic acids is 1. The van der Waals surface area contributed by atoms with E-state index >= 15 is 0 Å². The summed E-state index contributed by atoms with van der Waals surface area (Å²) in [6.07, 6.45) is 0. The predicted molar refractivity (Wildman–Crippen MR) is 83.6 cm³/mol. The van der Waals surface area contributed by atoms with Crippen molar-refractivity contribution in [2.45, 2.75) is 0 Å². The Balaban J connectivity index is 2.43. The van der Waals surface area contributed by atoms with Gasteiger partial charge in [0.1, 0.15) is 5.82 Å². The Kier molecular flexibility index (Phi) is 4.33. The summed E-state index contributed by atoms with van der Waals surface area (Å²) in [4.78, 5) is 13.6. The second-order valence-corrected chi connectivity index (χ2v) is 5.22. The van der Waals surface area contributed by atoms with Gasteiger partial charge in [0.05, 0.1) is 11.3 Å². The number of nitrogens with one attached hydrogen (secondary N) is 1. The summed E-state index contributed by atoms with van der Waals surface area (Å²) < 4.78 is 13.4. The van der Waals surface area contributed by atoms with E-state index < -0.39 is 5.82 Å². The number of nitrogen functional groups attached to an aromatic ring is 1. The molecule has 2 aromatic carbocycles. The minimum Gasteiger partial charge on any atom is -0.399 e. The predicted octanol–water partition coefficient (Wildman–Crippen LogP) is 3.51. The summed E-state index contributed by atoms with van der Waals surface area (Å²) in [6.45, 7) is 0. The Morgan fingerprint density at radius 2 is 1.95 bits per heavy atom. The van der Waals surface area contributed by atoms with E-state index in [0.29, 0.717) is 22.6 Å². The number of nitrogens with two attached hydrogens (primary N) is 1. The summed E-state index contributed by atoms with van der Waals surface area (Å²) in [6, 6.07) is 8.95. The number of hydrogen-bond acceptors (Lipinski definition) is 3. The largest absolute Gasteiger partial charge is 0.399 e. The quantitative estimate of drug-likeness (QED) is 0.853. The van der Waals surface area contributed by atoms with Crippen molar-refractivity contribution in [1.82, 2.24) is 4.90 Å². The molecule has 0 radical (unpaired) electrons. The van der Waals surface area contributed by atoms with Gasteiger partial charge in [-0.15, -0.1) is 0 Å². The molecule has 0 unspecified atom stereocenters. The van der Waals surface area contributed by atoms with Gasteiger partial charge in [-0.25, -0.2) is 4.39 Å². The number of carbonyl (C=O) groups is 1. The van der Waals surface area contributed by atoms with Crippen LogP contribution < -0.4 is 11.1 Å². The minimum atomic E-state index is -0.464. The van der Waals surface area contributed by atoms with Crippen molar-refractivity contribution in [1.29, 1.82) is 0 Å². The van der Waals surface area contributed by atoms with Gasteiger partial charge in [0, 0.05) is 30.5 Å². The summed E-state index contributed by atoms with van der Waals surface area (Å²) in [5, 5.41) is 3.24. The monoisotopic (exact) mass is 307 g/mol. The second-order valence-electron chi connectivity index (χ2n) is 4.79. The number of halogens is 2. The molecule has 0 saturated heterocycles. The van der Waals surface area contributed by atoms with Crippen LogP contribution in [0, 0.1) is 5.82 Å². The lowest BCUT2D eigenvalue weighted by molar-refractivity contribution is 0.0828. The maximum atomic E-state index is 13.4. The summed E-state index contributed by atoms with van der Waals surface area (Å²) >= 11 is 5.82. The number of rotatable bonds is 3. The number of amides is 1. The molecule has 0 fully saturated rings. The van der Waals surface area contributed by atoms with Crippen LogP contribution in [0.3, 0.4) is 0 Å². The number of nitrogens with zero attached hydrogens (tertiary/aromatic N) is 1. The van der Waals surface area contributed by atoms with Crippen LogP contribution in [0.4, 0.5) is 21.5 Å². The van der Waals surface area contributed by atoms with E-state index in [9.17, 15) is 9.18 Å². The smallest absolute Gasteiger partial charge is 0.255 e. The normalized spacial score (nSPS) is 10.3. The van der Waals surface area contributed by atoms with Crippen molar-refractivity contribution in [3.63, 3.8) is 0 Å². The number of hydrogen-bond donors (Lipinski definition) is 2. The van der Waals surface area contributed by atoms with Crippen LogP contribution in [0.25, 0.3) is 0 Å². The molecule has 2 aromatic rings. The Bertz CT molecular complexity index is 668. The molecule has 1 amide bonds. The third-order valence-corrected chi connectivity index (χ3v) is 3.04. The van der Waals surface area contributed by atoms with E-state index in [-0.39, 0.29) is 10.9 Å². The van der Waals surface area contributed by atoms with E-state index in [1.165, 1.54) is 17.0 Å². The third kappa shape index (κ3) is 3.64. The molecule has 110 valence electrons. The highest BCUT2D eigenvalue weighted by atomic mass is 35.5. The fourth-order valence-electron chi connectivity index (χ4n) is 1.87. The molecule has 21 heavy (non-hydrogen) atoms. The topological polar surface area (TPSA) is 58.4 Å². The average Bonchev–Trinajstić information content (AvgIpc) is 2.36. The van der Waals surface area contributed by atoms with Crippen LogP contribution in [0.2, 0.25) is 5.02 Å². The van der Waals surface area contributed by atoms with Gasteiger partial charge in [0.25, 0.3) is 5.91 Å². The molecular weight excluding hydrogens is 293 g/mol. The van der Waals surface area contributed by atoms with Crippen LogP contribution in [0.1, 0.15) is 10.4 Å². The Morgan fingerprint density at radius 1 is 1.24 bits per heavy atom. The summed E-state index contributed by atoms with van der Waals surface area (Å²) in [5.41, 5.74) is 7.63. The molecule has 4 nitrogen and oxygen atoms in total. The van der Waals surface area contributed by atoms with Crippen molar-refractivity contribution in [3.05, 3.63) is 52.8 Å². The molecule has 2 rings (SSSR count). The van der Waals surface area contributed by atoms with Gasteiger partial charge < -0.3 is 16.0 Å². The highest BCUT2D eigenvalue weighted by Gasteiger charge is 2.14. The lowest BCUT2D eigenvalue weighted by Crippen LogP contribution is -2.22. The van der Waals surface area contributed by atoms with Crippen molar-refractivity contribution in [2.24, 2.45) is 0 Å². The van der Waals surface area contributed by atoms with Gasteiger partial charge in [-0.2, -0.15) is 0 Å². The summed E-state index contributed by atoms with van der Waals surface area (Å²) in [5.74, 6) is -0.644. The molecule has 0 aliphatic heterocycles. The van der Waals surface area contributed by atoms with Crippen LogP contribution in [-0.4, -0.2) is 24.9 Å². The number of anilines is 3. The van der Waals surface area contributed by atoms with Gasteiger partial charge in [0.2, 0.25) is 0 Å². The zero-order valence-corrected chi connectivity index (χ0v) is 12.4. The maximum absolute atomic E-state index is 13.4.